The van der Waals surface area contributed by atoms with Crippen molar-refractivity contribution in [2.75, 3.05) is 0 Å². The summed E-state index contributed by atoms with van der Waals surface area (Å²) in [5.41, 5.74) is 3.35. The van der Waals surface area contributed by atoms with Gasteiger partial charge >= 0.3 is 0 Å². The van der Waals surface area contributed by atoms with Crippen molar-refractivity contribution in [2.24, 2.45) is 7.05 Å². The van der Waals surface area contributed by atoms with E-state index in [-0.39, 0.29) is 0 Å². The van der Waals surface area contributed by atoms with Crippen LogP contribution in [0.5, 0.6) is 0 Å². The molecule has 0 aliphatic rings. The number of aliphatic hydroxyl groups excluding tert-OH is 1. The molecule has 0 aliphatic carbocycles. The summed E-state index contributed by atoms with van der Waals surface area (Å²) in [6.07, 6.45) is 2.78. The smallest absolute Gasteiger partial charge is 0.0971 e. The van der Waals surface area contributed by atoms with Crippen LogP contribution in [0.25, 0.3) is 0 Å². The number of hydrogen-bond donors (Lipinski definition) is 1. The minimum Gasteiger partial charge on any atom is -0.387 e. The van der Waals surface area contributed by atoms with Crippen LogP contribution in [0, 0.1) is 6.92 Å². The summed E-state index contributed by atoms with van der Waals surface area (Å²) in [5.74, 6) is 0. The van der Waals surface area contributed by atoms with Gasteiger partial charge in [0.2, 0.25) is 0 Å². The largest absolute Gasteiger partial charge is 0.387 e. The Balaban J connectivity index is 2.03. The van der Waals surface area contributed by atoms with Crippen molar-refractivity contribution in [1.29, 1.82) is 0 Å². The van der Waals surface area contributed by atoms with Crippen LogP contribution in [0.1, 0.15) is 29.3 Å². The summed E-state index contributed by atoms with van der Waals surface area (Å²) in [4.78, 5) is 0. The van der Waals surface area contributed by atoms with E-state index in [1.165, 1.54) is 11.1 Å². The molecule has 96 valence electrons. The molecule has 0 saturated heterocycles. The first-order valence-electron chi connectivity index (χ1n) is 5.99. The summed E-state index contributed by atoms with van der Waals surface area (Å²) < 4.78 is 2.58. The predicted molar refractivity (Wildman–Crippen MR) is 75.4 cm³/mol. The summed E-state index contributed by atoms with van der Waals surface area (Å²) >= 11 is 3.41. The van der Waals surface area contributed by atoms with Gasteiger partial charge in [0.1, 0.15) is 0 Å². The fraction of sp³-hybridized carbons (Fsp3) is 0.357. The molecule has 0 saturated carbocycles. The molecule has 1 unspecified atom stereocenters. The van der Waals surface area contributed by atoms with Crippen LogP contribution in [-0.4, -0.2) is 14.9 Å². The van der Waals surface area contributed by atoms with Gasteiger partial charge in [0.15, 0.2) is 0 Å². The van der Waals surface area contributed by atoms with Crippen LogP contribution >= 0.6 is 15.9 Å². The van der Waals surface area contributed by atoms with Gasteiger partial charge in [0.25, 0.3) is 0 Å². The average Bonchev–Trinajstić information content (AvgIpc) is 2.66. The Morgan fingerprint density at radius 1 is 1.44 bits per heavy atom. The highest BCUT2D eigenvalue weighted by molar-refractivity contribution is 9.10. The molecule has 2 rings (SSSR count). The Bertz CT molecular complexity index is 517. The van der Waals surface area contributed by atoms with E-state index in [4.69, 9.17) is 0 Å². The van der Waals surface area contributed by atoms with Crippen molar-refractivity contribution in [3.05, 3.63) is 51.8 Å². The zero-order valence-electron chi connectivity index (χ0n) is 10.6. The lowest BCUT2D eigenvalue weighted by Crippen LogP contribution is -2.07. The quantitative estimate of drug-likeness (QED) is 0.942. The van der Waals surface area contributed by atoms with E-state index in [0.717, 1.165) is 16.6 Å². The third-order valence-corrected chi connectivity index (χ3v) is 3.65. The van der Waals surface area contributed by atoms with Gasteiger partial charge < -0.3 is 5.11 Å². The van der Waals surface area contributed by atoms with Gasteiger partial charge in [-0.25, -0.2) is 0 Å². The molecule has 18 heavy (non-hydrogen) atoms. The number of aromatic nitrogens is 2. The standard InChI is InChI=1S/C14H17BrN2O/c1-10-4-3-5-11(8-10)6-7-13(18)14-12(15)9-16-17(14)2/h3-5,8-9,13,18H,6-7H2,1-2H3. The first-order valence-corrected chi connectivity index (χ1v) is 6.78. The molecule has 3 nitrogen and oxygen atoms in total. The Morgan fingerprint density at radius 3 is 2.83 bits per heavy atom. The van der Waals surface area contributed by atoms with Crippen LogP contribution in [-0.2, 0) is 13.5 Å². The zero-order chi connectivity index (χ0) is 13.1. The molecule has 2 aromatic rings. The van der Waals surface area contributed by atoms with Crippen LogP contribution in [0.3, 0.4) is 0 Å². The van der Waals surface area contributed by atoms with Crippen molar-refractivity contribution in [1.82, 2.24) is 9.78 Å². The van der Waals surface area contributed by atoms with Crippen molar-refractivity contribution >= 4 is 15.9 Å². The number of benzene rings is 1. The Morgan fingerprint density at radius 2 is 2.22 bits per heavy atom. The molecule has 1 N–H and O–H groups in total. The SMILES string of the molecule is Cc1cccc(CCC(O)c2c(Br)cnn2C)c1. The van der Waals surface area contributed by atoms with E-state index in [9.17, 15) is 5.11 Å². The molecule has 0 amide bonds. The molecule has 1 aromatic carbocycles. The molecule has 1 atom stereocenters. The van der Waals surface area contributed by atoms with Gasteiger partial charge in [0, 0.05) is 7.05 Å². The van der Waals surface area contributed by atoms with Crippen molar-refractivity contribution in [2.45, 2.75) is 25.9 Å². The Hall–Kier alpha value is -1.13. The Kier molecular flexibility index (Phi) is 4.19. The lowest BCUT2D eigenvalue weighted by Gasteiger charge is -2.12. The van der Waals surface area contributed by atoms with Crippen molar-refractivity contribution in [3.63, 3.8) is 0 Å². The van der Waals surface area contributed by atoms with Crippen LogP contribution in [0.4, 0.5) is 0 Å². The molecule has 0 radical (unpaired) electrons. The minimum absolute atomic E-state index is 0.493. The summed E-state index contributed by atoms with van der Waals surface area (Å²) in [7, 11) is 1.84. The average molecular weight is 309 g/mol. The maximum Gasteiger partial charge on any atom is 0.0971 e. The minimum atomic E-state index is -0.493. The van der Waals surface area contributed by atoms with E-state index in [2.05, 4.69) is 52.2 Å². The molecule has 1 aromatic heterocycles. The van der Waals surface area contributed by atoms with E-state index < -0.39 is 6.10 Å². The lowest BCUT2D eigenvalue weighted by atomic mass is 10.0. The van der Waals surface area contributed by atoms with E-state index in [1.54, 1.807) is 10.9 Å². The first kappa shape index (κ1) is 13.3. The maximum atomic E-state index is 10.2. The third kappa shape index (κ3) is 3.00. The highest BCUT2D eigenvalue weighted by Gasteiger charge is 2.15. The van der Waals surface area contributed by atoms with Crippen molar-refractivity contribution in [3.8, 4) is 0 Å². The van der Waals surface area contributed by atoms with Gasteiger partial charge in [-0.05, 0) is 41.3 Å². The highest BCUT2D eigenvalue weighted by Crippen LogP contribution is 2.25. The molecule has 0 bridgehead atoms. The fourth-order valence-corrected chi connectivity index (χ4v) is 2.72. The number of hydrogen-bond acceptors (Lipinski definition) is 2. The fourth-order valence-electron chi connectivity index (χ4n) is 2.10. The Labute approximate surface area is 116 Å². The predicted octanol–water partition coefficient (Wildman–Crippen LogP) is 3.16. The molecule has 0 spiro atoms. The molecule has 4 heteroatoms. The van der Waals surface area contributed by atoms with Crippen LogP contribution in [0.2, 0.25) is 0 Å². The lowest BCUT2D eigenvalue weighted by molar-refractivity contribution is 0.157. The number of aryl methyl sites for hydroxylation is 3. The zero-order valence-corrected chi connectivity index (χ0v) is 12.2. The second-order valence-corrected chi connectivity index (χ2v) is 5.40. The van der Waals surface area contributed by atoms with Crippen LogP contribution < -0.4 is 0 Å². The monoisotopic (exact) mass is 308 g/mol. The topological polar surface area (TPSA) is 38.1 Å². The summed E-state index contributed by atoms with van der Waals surface area (Å²) in [6, 6.07) is 8.39. The molecule has 1 heterocycles. The van der Waals surface area contributed by atoms with E-state index >= 15 is 0 Å². The van der Waals surface area contributed by atoms with E-state index in [0.29, 0.717) is 6.42 Å². The molecule has 0 aliphatic heterocycles. The van der Waals surface area contributed by atoms with E-state index in [1.807, 2.05) is 7.05 Å². The third-order valence-electron chi connectivity index (χ3n) is 3.04. The number of rotatable bonds is 4. The molecular formula is C14H17BrN2O. The van der Waals surface area contributed by atoms with Gasteiger partial charge in [-0.3, -0.25) is 4.68 Å². The van der Waals surface area contributed by atoms with Gasteiger partial charge in [-0.2, -0.15) is 5.10 Å². The van der Waals surface area contributed by atoms with Crippen LogP contribution in [0.15, 0.2) is 34.9 Å². The second-order valence-electron chi connectivity index (χ2n) is 4.54. The number of aliphatic hydroxyl groups is 1. The highest BCUT2D eigenvalue weighted by atomic mass is 79.9. The van der Waals surface area contributed by atoms with Gasteiger partial charge in [-0.1, -0.05) is 29.8 Å². The van der Waals surface area contributed by atoms with Gasteiger partial charge in [0.05, 0.1) is 22.5 Å². The molecular weight excluding hydrogens is 292 g/mol. The van der Waals surface area contributed by atoms with Gasteiger partial charge in [-0.15, -0.1) is 0 Å². The van der Waals surface area contributed by atoms with Crippen molar-refractivity contribution < 1.29 is 5.11 Å². The first-order chi connectivity index (χ1) is 8.58. The summed E-state index contributed by atoms with van der Waals surface area (Å²) in [5, 5.41) is 14.3. The number of halogens is 1. The summed E-state index contributed by atoms with van der Waals surface area (Å²) in [6.45, 7) is 2.08. The maximum absolute atomic E-state index is 10.2. The second kappa shape index (κ2) is 5.67. The molecule has 0 fully saturated rings. The number of nitrogens with zero attached hydrogens (tertiary/aromatic N) is 2. The normalized spacial score (nSPS) is 12.7.